The molecule has 1 heterocycles. The molecular formula is C19H22O4. The van der Waals surface area contributed by atoms with Crippen molar-refractivity contribution in [3.63, 3.8) is 0 Å². The third-order valence-electron chi connectivity index (χ3n) is 3.69. The van der Waals surface area contributed by atoms with Gasteiger partial charge in [0.2, 0.25) is 0 Å². The third kappa shape index (κ3) is 5.09. The first-order chi connectivity index (χ1) is 11.0. The molecule has 0 saturated carbocycles. The van der Waals surface area contributed by atoms with Gasteiger partial charge in [0.25, 0.3) is 0 Å². The Morgan fingerprint density at radius 1 is 1.22 bits per heavy atom. The molecule has 2 aromatic rings. The van der Waals surface area contributed by atoms with Crippen molar-refractivity contribution >= 4 is 16.8 Å². The van der Waals surface area contributed by atoms with Crippen LogP contribution in [0.2, 0.25) is 0 Å². The van der Waals surface area contributed by atoms with E-state index in [9.17, 15) is 9.59 Å². The molecule has 2 rings (SSSR count). The van der Waals surface area contributed by atoms with E-state index >= 15 is 0 Å². The molecule has 4 nitrogen and oxygen atoms in total. The number of carbonyl (C=O) groups is 1. The average Bonchev–Trinajstić information content (AvgIpc) is 2.52. The summed E-state index contributed by atoms with van der Waals surface area (Å²) in [6.45, 7) is 6.26. The number of ketones is 1. The van der Waals surface area contributed by atoms with Crippen molar-refractivity contribution in [2.24, 2.45) is 5.92 Å². The average molecular weight is 314 g/mol. The van der Waals surface area contributed by atoms with E-state index in [1.807, 2.05) is 39.0 Å². The molecule has 0 spiro atoms. The summed E-state index contributed by atoms with van der Waals surface area (Å²) < 4.78 is 10.8. The number of hydrogen-bond acceptors (Lipinski definition) is 4. The molecule has 0 N–H and O–H groups in total. The number of rotatable bonds is 7. The van der Waals surface area contributed by atoms with E-state index in [4.69, 9.17) is 9.15 Å². The molecule has 4 heteroatoms. The zero-order valence-electron chi connectivity index (χ0n) is 13.8. The Morgan fingerprint density at radius 3 is 2.70 bits per heavy atom. The first kappa shape index (κ1) is 17.0. The Kier molecular flexibility index (Phi) is 5.74. The molecule has 0 atom stereocenters. The van der Waals surface area contributed by atoms with Crippen LogP contribution in [0.25, 0.3) is 11.0 Å². The van der Waals surface area contributed by atoms with Gasteiger partial charge >= 0.3 is 5.63 Å². The lowest BCUT2D eigenvalue weighted by molar-refractivity contribution is -0.121. The van der Waals surface area contributed by atoms with Crippen molar-refractivity contribution in [2.45, 2.75) is 33.6 Å². The lowest BCUT2D eigenvalue weighted by Crippen LogP contribution is -2.06. The first-order valence-corrected chi connectivity index (χ1v) is 7.81. The van der Waals surface area contributed by atoms with Crippen molar-refractivity contribution in [3.8, 4) is 5.75 Å². The molecule has 0 aliphatic rings. The molecule has 0 radical (unpaired) electrons. The second-order valence-corrected chi connectivity index (χ2v) is 5.94. The highest BCUT2D eigenvalue weighted by molar-refractivity contribution is 5.80. The highest BCUT2D eigenvalue weighted by atomic mass is 16.5. The summed E-state index contributed by atoms with van der Waals surface area (Å²) in [5.74, 6) is 1.02. The Hall–Kier alpha value is -2.36. The number of Topliss-reactive ketones (excluding diaryl/α,β-unsaturated/α-hetero) is 1. The van der Waals surface area contributed by atoms with Gasteiger partial charge in [0.1, 0.15) is 23.7 Å². The van der Waals surface area contributed by atoms with Gasteiger partial charge in [0.05, 0.1) is 0 Å². The third-order valence-corrected chi connectivity index (χ3v) is 3.69. The molecule has 122 valence electrons. The highest BCUT2D eigenvalue weighted by Gasteiger charge is 2.06. The van der Waals surface area contributed by atoms with E-state index in [2.05, 4.69) is 0 Å². The molecule has 0 unspecified atom stereocenters. The number of fused-ring (bicyclic) bond motifs is 1. The minimum Gasteiger partial charge on any atom is -0.489 e. The van der Waals surface area contributed by atoms with Crippen LogP contribution in [0.15, 0.2) is 51.2 Å². The molecule has 1 aromatic carbocycles. The van der Waals surface area contributed by atoms with Crippen LogP contribution >= 0.6 is 0 Å². The Bertz CT molecular complexity index is 768. The smallest absolute Gasteiger partial charge is 0.336 e. The van der Waals surface area contributed by atoms with Gasteiger partial charge in [-0.3, -0.25) is 4.79 Å². The van der Waals surface area contributed by atoms with Gasteiger partial charge < -0.3 is 9.15 Å². The molecule has 1 aromatic heterocycles. The molecular weight excluding hydrogens is 292 g/mol. The number of benzene rings is 1. The van der Waals surface area contributed by atoms with Crippen LogP contribution in [-0.4, -0.2) is 12.4 Å². The normalized spacial score (nSPS) is 11.9. The van der Waals surface area contributed by atoms with Gasteiger partial charge in [-0.2, -0.15) is 0 Å². The second-order valence-electron chi connectivity index (χ2n) is 5.94. The summed E-state index contributed by atoms with van der Waals surface area (Å²) in [6.07, 6.45) is 3.30. The monoisotopic (exact) mass is 314 g/mol. The fourth-order valence-corrected chi connectivity index (χ4v) is 2.12. The Labute approximate surface area is 135 Å². The molecule has 0 saturated heterocycles. The van der Waals surface area contributed by atoms with E-state index in [0.29, 0.717) is 24.4 Å². The van der Waals surface area contributed by atoms with E-state index in [-0.39, 0.29) is 17.3 Å². The summed E-state index contributed by atoms with van der Waals surface area (Å²) in [5, 5.41) is 0.857. The topological polar surface area (TPSA) is 56.5 Å². The van der Waals surface area contributed by atoms with Gasteiger partial charge in [-0.15, -0.1) is 0 Å². The van der Waals surface area contributed by atoms with Crippen molar-refractivity contribution in [3.05, 3.63) is 52.4 Å². The largest absolute Gasteiger partial charge is 0.489 e. The lowest BCUT2D eigenvalue weighted by atomic mass is 10.0. The maximum atomic E-state index is 11.6. The molecule has 0 amide bonds. The number of ether oxygens (including phenoxy) is 1. The predicted octanol–water partition coefficient (Wildman–Crippen LogP) is 4.12. The van der Waals surface area contributed by atoms with E-state index in [1.165, 1.54) is 6.07 Å². The predicted molar refractivity (Wildman–Crippen MR) is 90.8 cm³/mol. The summed E-state index contributed by atoms with van der Waals surface area (Å²) >= 11 is 0. The maximum absolute atomic E-state index is 11.6. The van der Waals surface area contributed by atoms with Crippen molar-refractivity contribution < 1.29 is 13.9 Å². The minimum atomic E-state index is -0.375. The van der Waals surface area contributed by atoms with Crippen LogP contribution in [0.5, 0.6) is 5.75 Å². The van der Waals surface area contributed by atoms with Crippen LogP contribution in [0.4, 0.5) is 0 Å². The standard InChI is InChI=1S/C19H22O4/c1-13(2)17(20)8-4-14(3)10-11-22-16-7-5-15-6-9-19(21)23-18(15)12-16/h5-7,9-10,12-13H,4,8,11H2,1-3H3. The quantitative estimate of drug-likeness (QED) is 0.570. The summed E-state index contributed by atoms with van der Waals surface area (Å²) in [7, 11) is 0. The molecule has 0 fully saturated rings. The molecule has 0 aliphatic carbocycles. The lowest BCUT2D eigenvalue weighted by Gasteiger charge is -2.06. The van der Waals surface area contributed by atoms with Crippen LogP contribution in [0.3, 0.4) is 0 Å². The van der Waals surface area contributed by atoms with Crippen LogP contribution in [0.1, 0.15) is 33.6 Å². The number of allylic oxidation sites excluding steroid dienone is 1. The SMILES string of the molecule is CC(=CCOc1ccc2ccc(=O)oc2c1)CCC(=O)C(C)C. The van der Waals surface area contributed by atoms with Gasteiger partial charge in [0.15, 0.2) is 0 Å². The minimum absolute atomic E-state index is 0.0892. The van der Waals surface area contributed by atoms with Crippen molar-refractivity contribution in [1.29, 1.82) is 0 Å². The maximum Gasteiger partial charge on any atom is 0.336 e. The van der Waals surface area contributed by atoms with Gasteiger partial charge in [-0.25, -0.2) is 4.79 Å². The van der Waals surface area contributed by atoms with Crippen molar-refractivity contribution in [1.82, 2.24) is 0 Å². The second kappa shape index (κ2) is 7.77. The Balaban J connectivity index is 1.91. The van der Waals surface area contributed by atoms with Gasteiger partial charge in [-0.1, -0.05) is 19.4 Å². The fraction of sp³-hybridized carbons (Fsp3) is 0.368. The zero-order valence-corrected chi connectivity index (χ0v) is 13.8. The van der Waals surface area contributed by atoms with E-state index < -0.39 is 0 Å². The summed E-state index contributed by atoms with van der Waals surface area (Å²) in [6, 6.07) is 8.52. The van der Waals surface area contributed by atoms with Crippen LogP contribution in [-0.2, 0) is 4.79 Å². The Morgan fingerprint density at radius 2 is 1.96 bits per heavy atom. The van der Waals surface area contributed by atoms with E-state index in [1.54, 1.807) is 12.1 Å². The first-order valence-electron chi connectivity index (χ1n) is 7.81. The summed E-state index contributed by atoms with van der Waals surface area (Å²) in [5.41, 5.74) is 1.27. The molecule has 0 bridgehead atoms. The zero-order chi connectivity index (χ0) is 16.8. The molecule has 0 aliphatic heterocycles. The highest BCUT2D eigenvalue weighted by Crippen LogP contribution is 2.19. The van der Waals surface area contributed by atoms with E-state index in [0.717, 1.165) is 17.4 Å². The number of hydrogen-bond donors (Lipinski definition) is 0. The molecule has 23 heavy (non-hydrogen) atoms. The fourth-order valence-electron chi connectivity index (χ4n) is 2.12. The van der Waals surface area contributed by atoms with Crippen molar-refractivity contribution in [2.75, 3.05) is 6.61 Å². The van der Waals surface area contributed by atoms with Crippen LogP contribution in [0, 0.1) is 5.92 Å². The summed E-state index contributed by atoms with van der Waals surface area (Å²) in [4.78, 5) is 22.8. The van der Waals surface area contributed by atoms with Crippen LogP contribution < -0.4 is 10.4 Å². The van der Waals surface area contributed by atoms with Gasteiger partial charge in [-0.05, 0) is 37.6 Å². The number of carbonyl (C=O) groups excluding carboxylic acids is 1. The van der Waals surface area contributed by atoms with Gasteiger partial charge in [0, 0.05) is 29.9 Å².